The highest BCUT2D eigenvalue weighted by Gasteiger charge is 2.11. The first-order valence-corrected chi connectivity index (χ1v) is 6.94. The van der Waals surface area contributed by atoms with Crippen LogP contribution < -0.4 is 0 Å². The second-order valence-corrected chi connectivity index (χ2v) is 5.46. The van der Waals surface area contributed by atoms with Gasteiger partial charge < -0.3 is 0 Å². The molecule has 0 saturated heterocycles. The lowest BCUT2D eigenvalue weighted by Crippen LogP contribution is -2.02. The summed E-state index contributed by atoms with van der Waals surface area (Å²) < 4.78 is 1.86. The Kier molecular flexibility index (Phi) is 5.30. The maximum absolute atomic E-state index is 6.14. The van der Waals surface area contributed by atoms with Gasteiger partial charge in [0.15, 0.2) is 0 Å². The molecule has 0 radical (unpaired) electrons. The van der Waals surface area contributed by atoms with Crippen molar-refractivity contribution < 1.29 is 0 Å². The molecule has 0 aliphatic rings. The van der Waals surface area contributed by atoms with Gasteiger partial charge in [-0.1, -0.05) is 18.5 Å². The summed E-state index contributed by atoms with van der Waals surface area (Å²) in [6, 6.07) is 0. The van der Waals surface area contributed by atoms with Gasteiger partial charge in [-0.2, -0.15) is 16.9 Å². The molecule has 1 heterocycles. The number of halogens is 2. The SMILES string of the molecule is Cc1nn(C)c(CSCC(C)CCl)c1Cl. The van der Waals surface area contributed by atoms with E-state index in [0.29, 0.717) is 11.8 Å². The van der Waals surface area contributed by atoms with E-state index in [1.54, 1.807) is 0 Å². The van der Waals surface area contributed by atoms with Crippen molar-refractivity contribution in [2.45, 2.75) is 19.6 Å². The van der Waals surface area contributed by atoms with Gasteiger partial charge in [-0.15, -0.1) is 11.6 Å². The molecule has 0 saturated carbocycles. The summed E-state index contributed by atoms with van der Waals surface area (Å²) in [7, 11) is 1.93. The quantitative estimate of drug-likeness (QED) is 0.760. The molecule has 0 amide bonds. The molecule has 1 atom stereocenters. The summed E-state index contributed by atoms with van der Waals surface area (Å²) in [4.78, 5) is 0. The third-order valence-corrected chi connectivity index (χ3v) is 4.47. The van der Waals surface area contributed by atoms with Crippen molar-refractivity contribution in [1.29, 1.82) is 0 Å². The Morgan fingerprint density at radius 1 is 1.53 bits per heavy atom. The lowest BCUT2D eigenvalue weighted by molar-refractivity contribution is 0.725. The van der Waals surface area contributed by atoms with Crippen LogP contribution in [0.1, 0.15) is 18.3 Å². The lowest BCUT2D eigenvalue weighted by Gasteiger charge is -2.07. The van der Waals surface area contributed by atoms with Crippen LogP contribution in [0.15, 0.2) is 0 Å². The zero-order valence-electron chi connectivity index (χ0n) is 9.26. The molecular weight excluding hydrogens is 251 g/mol. The molecule has 1 aromatic rings. The van der Waals surface area contributed by atoms with Crippen molar-refractivity contribution in [3.8, 4) is 0 Å². The van der Waals surface area contributed by atoms with Crippen LogP contribution in [-0.2, 0) is 12.8 Å². The second kappa shape index (κ2) is 6.02. The van der Waals surface area contributed by atoms with Gasteiger partial charge >= 0.3 is 0 Å². The van der Waals surface area contributed by atoms with Gasteiger partial charge in [0.2, 0.25) is 0 Å². The topological polar surface area (TPSA) is 17.8 Å². The van der Waals surface area contributed by atoms with Crippen molar-refractivity contribution in [3.05, 3.63) is 16.4 Å². The first-order valence-electron chi connectivity index (χ1n) is 4.88. The molecule has 0 aromatic carbocycles. The number of aryl methyl sites for hydroxylation is 2. The Labute approximate surface area is 105 Å². The van der Waals surface area contributed by atoms with Crippen LogP contribution in [0.4, 0.5) is 0 Å². The monoisotopic (exact) mass is 266 g/mol. The predicted octanol–water partition coefficient (Wildman–Crippen LogP) is 3.49. The molecule has 86 valence electrons. The van der Waals surface area contributed by atoms with E-state index in [9.17, 15) is 0 Å². The molecule has 0 aliphatic heterocycles. The summed E-state index contributed by atoms with van der Waals surface area (Å²) in [6.07, 6.45) is 0. The minimum absolute atomic E-state index is 0.546. The molecule has 2 nitrogen and oxygen atoms in total. The molecule has 0 bridgehead atoms. The van der Waals surface area contributed by atoms with Crippen molar-refractivity contribution >= 4 is 35.0 Å². The van der Waals surface area contributed by atoms with Crippen molar-refractivity contribution in [3.63, 3.8) is 0 Å². The minimum atomic E-state index is 0.546. The summed E-state index contributed by atoms with van der Waals surface area (Å²) >= 11 is 13.7. The van der Waals surface area contributed by atoms with Gasteiger partial charge in [-0.25, -0.2) is 0 Å². The second-order valence-electron chi connectivity index (χ2n) is 3.74. The van der Waals surface area contributed by atoms with Gasteiger partial charge in [0.25, 0.3) is 0 Å². The Bertz CT molecular complexity index is 325. The fourth-order valence-corrected chi connectivity index (χ4v) is 2.95. The summed E-state index contributed by atoms with van der Waals surface area (Å²) in [5.41, 5.74) is 2.00. The first-order chi connectivity index (χ1) is 7.06. The van der Waals surface area contributed by atoms with E-state index in [0.717, 1.165) is 27.9 Å². The van der Waals surface area contributed by atoms with Crippen LogP contribution in [0.5, 0.6) is 0 Å². The average molecular weight is 267 g/mol. The minimum Gasteiger partial charge on any atom is -0.270 e. The number of aromatic nitrogens is 2. The molecular formula is C10H16Cl2N2S. The van der Waals surface area contributed by atoms with Gasteiger partial charge in [-0.05, 0) is 18.6 Å². The molecule has 1 unspecified atom stereocenters. The van der Waals surface area contributed by atoms with Crippen molar-refractivity contribution in [2.24, 2.45) is 13.0 Å². The van der Waals surface area contributed by atoms with E-state index in [4.69, 9.17) is 23.2 Å². The van der Waals surface area contributed by atoms with E-state index >= 15 is 0 Å². The van der Waals surface area contributed by atoms with E-state index in [2.05, 4.69) is 12.0 Å². The van der Waals surface area contributed by atoms with E-state index < -0.39 is 0 Å². The number of rotatable bonds is 5. The van der Waals surface area contributed by atoms with Crippen LogP contribution >= 0.6 is 35.0 Å². The normalized spacial score (nSPS) is 13.1. The summed E-state index contributed by atoms with van der Waals surface area (Å²) in [6.45, 7) is 4.08. The van der Waals surface area contributed by atoms with Gasteiger partial charge in [0, 0.05) is 18.7 Å². The smallest absolute Gasteiger partial charge is 0.0855 e. The third-order valence-electron chi connectivity index (χ3n) is 2.17. The molecule has 15 heavy (non-hydrogen) atoms. The van der Waals surface area contributed by atoms with Crippen molar-refractivity contribution in [1.82, 2.24) is 9.78 Å². The Balaban J connectivity index is 2.50. The predicted molar refractivity (Wildman–Crippen MR) is 69.0 cm³/mol. The van der Waals surface area contributed by atoms with Crippen LogP contribution in [0.2, 0.25) is 5.02 Å². The Morgan fingerprint density at radius 3 is 2.67 bits per heavy atom. The van der Waals surface area contributed by atoms with Gasteiger partial charge in [0.1, 0.15) is 0 Å². The highest BCUT2D eigenvalue weighted by Crippen LogP contribution is 2.24. The first kappa shape index (κ1) is 13.2. The van der Waals surface area contributed by atoms with Crippen LogP contribution in [0.3, 0.4) is 0 Å². The van der Waals surface area contributed by atoms with Gasteiger partial charge in [0.05, 0.1) is 16.4 Å². The van der Waals surface area contributed by atoms with E-state index in [1.807, 2.05) is 30.4 Å². The highest BCUT2D eigenvalue weighted by atomic mass is 35.5. The van der Waals surface area contributed by atoms with E-state index in [1.165, 1.54) is 0 Å². The third kappa shape index (κ3) is 3.58. The van der Waals surface area contributed by atoms with Crippen molar-refractivity contribution in [2.75, 3.05) is 11.6 Å². The lowest BCUT2D eigenvalue weighted by atomic mass is 10.3. The number of hydrogen-bond acceptors (Lipinski definition) is 2. The fourth-order valence-electron chi connectivity index (χ4n) is 1.24. The largest absolute Gasteiger partial charge is 0.270 e. The van der Waals surface area contributed by atoms with E-state index in [-0.39, 0.29) is 0 Å². The number of nitrogens with zero attached hydrogens (tertiary/aromatic N) is 2. The molecule has 1 rings (SSSR count). The Hall–Kier alpha value is 0.140. The molecule has 0 spiro atoms. The summed E-state index contributed by atoms with van der Waals surface area (Å²) in [5.74, 6) is 3.22. The molecule has 0 fully saturated rings. The standard InChI is InChI=1S/C10H16Cl2N2S/c1-7(4-11)5-15-6-9-10(12)8(2)13-14(9)3/h7H,4-6H2,1-3H3. The molecule has 0 N–H and O–H groups in total. The average Bonchev–Trinajstić information content (AvgIpc) is 2.44. The maximum atomic E-state index is 6.14. The zero-order valence-corrected chi connectivity index (χ0v) is 11.6. The van der Waals surface area contributed by atoms with Crippen LogP contribution in [0.25, 0.3) is 0 Å². The fraction of sp³-hybridized carbons (Fsp3) is 0.700. The van der Waals surface area contributed by atoms with Crippen LogP contribution in [0, 0.1) is 12.8 Å². The molecule has 1 aromatic heterocycles. The highest BCUT2D eigenvalue weighted by molar-refractivity contribution is 7.98. The Morgan fingerprint density at radius 2 is 2.20 bits per heavy atom. The molecule has 5 heteroatoms. The zero-order chi connectivity index (χ0) is 11.4. The van der Waals surface area contributed by atoms with Crippen LogP contribution in [-0.4, -0.2) is 21.4 Å². The number of thioether (sulfide) groups is 1. The number of hydrogen-bond donors (Lipinski definition) is 0. The van der Waals surface area contributed by atoms with Gasteiger partial charge in [-0.3, -0.25) is 4.68 Å². The maximum Gasteiger partial charge on any atom is 0.0855 e. The summed E-state index contributed by atoms with van der Waals surface area (Å²) in [5, 5.41) is 5.07. The molecule has 0 aliphatic carbocycles. The number of alkyl halides is 1.